The average molecular weight is 402 g/mol. The van der Waals surface area contributed by atoms with Crippen LogP contribution in [0, 0.1) is 6.92 Å². The first-order valence-electron chi connectivity index (χ1n) is 9.55. The number of carbonyl (C=O) groups is 2. The Kier molecular flexibility index (Phi) is 5.28. The van der Waals surface area contributed by atoms with Crippen molar-refractivity contribution in [2.24, 2.45) is 0 Å². The van der Waals surface area contributed by atoms with E-state index in [1.165, 1.54) is 12.5 Å². The van der Waals surface area contributed by atoms with Crippen LogP contribution in [-0.2, 0) is 14.3 Å². The Morgan fingerprint density at radius 1 is 1.10 bits per heavy atom. The molecule has 2 heterocycles. The number of amides is 1. The van der Waals surface area contributed by atoms with Crippen LogP contribution >= 0.6 is 0 Å². The van der Waals surface area contributed by atoms with Gasteiger partial charge in [0, 0.05) is 30.7 Å². The molecule has 1 N–H and O–H groups in total. The van der Waals surface area contributed by atoms with Crippen molar-refractivity contribution in [1.82, 2.24) is 5.16 Å². The molecule has 154 valence electrons. The zero-order valence-corrected chi connectivity index (χ0v) is 16.1. The summed E-state index contributed by atoms with van der Waals surface area (Å²) in [5, 5.41) is 6.27. The van der Waals surface area contributed by atoms with Gasteiger partial charge in [0.1, 0.15) is 5.76 Å². The number of nitrogens with zero attached hydrogens (tertiary/aromatic N) is 1. The van der Waals surface area contributed by atoms with Gasteiger partial charge in [0.25, 0.3) is 17.6 Å². The maximum absolute atomic E-state index is 12.1. The van der Waals surface area contributed by atoms with Gasteiger partial charge in [0.15, 0.2) is 24.7 Å². The molecule has 1 amide bonds. The van der Waals surface area contributed by atoms with E-state index < -0.39 is 24.3 Å². The van der Waals surface area contributed by atoms with Crippen LogP contribution in [0.3, 0.4) is 0 Å². The summed E-state index contributed by atoms with van der Waals surface area (Å²) in [4.78, 5) is 23.7. The molecular weight excluding hydrogens is 380 g/mol. The fourth-order valence-corrected chi connectivity index (χ4v) is 3.40. The van der Waals surface area contributed by atoms with E-state index in [1.54, 1.807) is 25.1 Å². The maximum Gasteiger partial charge on any atom is 0.344 e. The Labute approximate surface area is 167 Å². The number of nitrogens with one attached hydrogen (secondary N) is 1. The van der Waals surface area contributed by atoms with E-state index in [0.29, 0.717) is 22.9 Å². The van der Waals surface area contributed by atoms with Crippen LogP contribution in [-0.4, -0.2) is 36.0 Å². The summed E-state index contributed by atoms with van der Waals surface area (Å²) in [6.45, 7) is 0.900. The molecule has 1 aliphatic carbocycles. The quantitative estimate of drug-likeness (QED) is 0.735. The largest absolute Gasteiger partial charge is 0.463 e. The second kappa shape index (κ2) is 8.02. The molecule has 0 radical (unpaired) electrons. The first-order valence-corrected chi connectivity index (χ1v) is 9.55. The normalized spacial score (nSPS) is 16.4. The lowest BCUT2D eigenvalue weighted by Crippen LogP contribution is -2.40. The molecule has 1 spiro atoms. The van der Waals surface area contributed by atoms with E-state index in [9.17, 15) is 9.59 Å². The van der Waals surface area contributed by atoms with Crippen LogP contribution < -0.4 is 19.5 Å². The van der Waals surface area contributed by atoms with E-state index >= 15 is 0 Å². The van der Waals surface area contributed by atoms with Gasteiger partial charge in [0.05, 0.1) is 0 Å². The van der Waals surface area contributed by atoms with Gasteiger partial charge in [0.2, 0.25) is 0 Å². The number of ether oxygens (including phenoxy) is 4. The molecule has 0 unspecified atom stereocenters. The van der Waals surface area contributed by atoms with Crippen molar-refractivity contribution in [1.29, 1.82) is 0 Å². The maximum atomic E-state index is 12.1. The first-order chi connectivity index (χ1) is 14.0. The third-order valence-electron chi connectivity index (χ3n) is 4.74. The lowest BCUT2D eigenvalue weighted by molar-refractivity contribution is -0.149. The summed E-state index contributed by atoms with van der Waals surface area (Å²) in [7, 11) is 0. The minimum absolute atomic E-state index is 0.181. The highest BCUT2D eigenvalue weighted by molar-refractivity contribution is 5.93. The highest BCUT2D eigenvalue weighted by atomic mass is 16.7. The number of aromatic nitrogens is 1. The van der Waals surface area contributed by atoms with E-state index in [4.69, 9.17) is 23.5 Å². The van der Waals surface area contributed by atoms with Crippen LogP contribution in [0.25, 0.3) is 0 Å². The van der Waals surface area contributed by atoms with Crippen molar-refractivity contribution in [2.45, 2.75) is 44.8 Å². The number of benzene rings is 1. The molecule has 2 aliphatic rings. The number of carbonyl (C=O) groups excluding carboxylic acids is 2. The Bertz CT molecular complexity index is 902. The summed E-state index contributed by atoms with van der Waals surface area (Å²) in [6, 6.07) is 6.75. The molecule has 1 saturated carbocycles. The second-order valence-electron chi connectivity index (χ2n) is 7.11. The molecular formula is C20H22N2O7. The van der Waals surface area contributed by atoms with Gasteiger partial charge >= 0.3 is 5.97 Å². The van der Waals surface area contributed by atoms with Gasteiger partial charge in [-0.2, -0.15) is 0 Å². The number of anilines is 1. The lowest BCUT2D eigenvalue weighted by Gasteiger charge is -2.31. The number of hydrogen-bond donors (Lipinski definition) is 1. The third kappa shape index (κ3) is 4.61. The van der Waals surface area contributed by atoms with Crippen LogP contribution in [0.5, 0.6) is 17.4 Å². The monoisotopic (exact) mass is 402 g/mol. The van der Waals surface area contributed by atoms with E-state index in [-0.39, 0.29) is 12.5 Å². The van der Waals surface area contributed by atoms with Gasteiger partial charge in [-0.05, 0) is 37.1 Å². The van der Waals surface area contributed by atoms with Crippen molar-refractivity contribution >= 4 is 17.6 Å². The minimum atomic E-state index is -0.689. The molecule has 1 aromatic carbocycles. The summed E-state index contributed by atoms with van der Waals surface area (Å²) in [5.41, 5.74) is 0.538. The second-order valence-corrected chi connectivity index (χ2v) is 7.11. The fourth-order valence-electron chi connectivity index (χ4n) is 3.40. The molecule has 9 heteroatoms. The molecule has 4 rings (SSSR count). The predicted molar refractivity (Wildman–Crippen MR) is 99.8 cm³/mol. The molecule has 9 nitrogen and oxygen atoms in total. The van der Waals surface area contributed by atoms with Crippen LogP contribution in [0.1, 0.15) is 37.9 Å². The molecule has 0 atom stereocenters. The SMILES string of the molecule is Cc1cc(OCC(=O)OCC(=O)Nc2ccc3c(c2)OC2(CCCCC2)O3)no1. The molecule has 0 saturated heterocycles. The van der Waals surface area contributed by atoms with E-state index in [1.807, 2.05) is 0 Å². The van der Waals surface area contributed by atoms with Crippen molar-refractivity contribution in [3.8, 4) is 17.4 Å². The van der Waals surface area contributed by atoms with Gasteiger partial charge in [-0.15, -0.1) is 0 Å². The Balaban J connectivity index is 1.24. The lowest BCUT2D eigenvalue weighted by atomic mass is 9.94. The molecule has 1 fully saturated rings. The van der Waals surface area contributed by atoms with Crippen molar-refractivity contribution in [2.75, 3.05) is 18.5 Å². The summed E-state index contributed by atoms with van der Waals surface area (Å²) in [5.74, 6) is 0.300. The Morgan fingerprint density at radius 3 is 2.66 bits per heavy atom. The zero-order chi connectivity index (χ0) is 20.3. The highest BCUT2D eigenvalue weighted by Crippen LogP contribution is 2.46. The predicted octanol–water partition coefficient (Wildman–Crippen LogP) is 2.98. The Hall–Kier alpha value is -3.23. The van der Waals surface area contributed by atoms with Crippen LogP contribution in [0.4, 0.5) is 5.69 Å². The van der Waals surface area contributed by atoms with Crippen LogP contribution in [0.15, 0.2) is 28.8 Å². The summed E-state index contributed by atoms with van der Waals surface area (Å²) in [6.07, 6.45) is 5.05. The van der Waals surface area contributed by atoms with Crippen molar-refractivity contribution in [3.05, 3.63) is 30.0 Å². The standard InChI is InChI=1S/C20H22N2O7/c1-13-9-18(22-29-13)25-12-19(24)26-11-17(23)21-14-5-6-15-16(10-14)28-20(27-15)7-3-2-4-8-20/h5-6,9-10H,2-4,7-8,11-12H2,1H3,(H,21,23). The molecule has 29 heavy (non-hydrogen) atoms. The number of fused-ring (bicyclic) bond motifs is 1. The Morgan fingerprint density at radius 2 is 1.90 bits per heavy atom. The first kappa shape index (κ1) is 19.1. The third-order valence-corrected chi connectivity index (χ3v) is 4.74. The highest BCUT2D eigenvalue weighted by Gasteiger charge is 2.42. The van der Waals surface area contributed by atoms with Crippen LogP contribution in [0.2, 0.25) is 0 Å². The van der Waals surface area contributed by atoms with Gasteiger partial charge in [-0.25, -0.2) is 4.79 Å². The molecule has 1 aromatic heterocycles. The van der Waals surface area contributed by atoms with E-state index in [0.717, 1.165) is 25.7 Å². The minimum Gasteiger partial charge on any atom is -0.463 e. The van der Waals surface area contributed by atoms with Crippen molar-refractivity contribution in [3.63, 3.8) is 0 Å². The number of hydrogen-bond acceptors (Lipinski definition) is 8. The van der Waals surface area contributed by atoms with Gasteiger partial charge in [-0.1, -0.05) is 6.42 Å². The fraction of sp³-hybridized carbons (Fsp3) is 0.450. The summed E-state index contributed by atoms with van der Waals surface area (Å²) >= 11 is 0. The molecule has 2 aromatic rings. The summed E-state index contributed by atoms with van der Waals surface area (Å²) < 4.78 is 26.9. The molecule has 0 bridgehead atoms. The van der Waals surface area contributed by atoms with Gasteiger partial charge < -0.3 is 28.8 Å². The zero-order valence-electron chi connectivity index (χ0n) is 16.1. The number of aryl methyl sites for hydroxylation is 1. The number of rotatable bonds is 6. The number of esters is 1. The average Bonchev–Trinajstić information content (AvgIpc) is 3.27. The van der Waals surface area contributed by atoms with Gasteiger partial charge in [-0.3, -0.25) is 4.79 Å². The molecule has 1 aliphatic heterocycles. The van der Waals surface area contributed by atoms with E-state index in [2.05, 4.69) is 10.5 Å². The smallest absolute Gasteiger partial charge is 0.344 e. The van der Waals surface area contributed by atoms with Crippen molar-refractivity contribution < 1.29 is 33.1 Å². The topological polar surface area (TPSA) is 109 Å².